The van der Waals surface area contributed by atoms with Gasteiger partial charge in [0.25, 0.3) is 5.69 Å². The van der Waals surface area contributed by atoms with Crippen LogP contribution >= 0.6 is 0 Å². The predicted octanol–water partition coefficient (Wildman–Crippen LogP) is 0.550. The molecule has 0 aliphatic heterocycles. The lowest BCUT2D eigenvalue weighted by Crippen LogP contribution is -2.24. The quantitative estimate of drug-likeness (QED) is 0.595. The summed E-state index contributed by atoms with van der Waals surface area (Å²) in [4.78, 5) is 26.4. The van der Waals surface area contributed by atoms with Gasteiger partial charge < -0.3 is 0 Å². The van der Waals surface area contributed by atoms with Crippen LogP contribution in [0.4, 0.5) is 5.69 Å². The van der Waals surface area contributed by atoms with Crippen molar-refractivity contribution < 1.29 is 4.92 Å². The fraction of sp³-hybridized carbons (Fsp3) is 0.364. The van der Waals surface area contributed by atoms with Crippen molar-refractivity contribution in [3.8, 4) is 0 Å². The van der Waals surface area contributed by atoms with Gasteiger partial charge in [0.1, 0.15) is 6.33 Å². The van der Waals surface area contributed by atoms with Gasteiger partial charge in [0.2, 0.25) is 0 Å². The number of pyridine rings is 1. The third-order valence-electron chi connectivity index (χ3n) is 2.94. The van der Waals surface area contributed by atoms with Crippen LogP contribution in [0.2, 0.25) is 0 Å². The van der Waals surface area contributed by atoms with Crippen LogP contribution in [0.25, 0.3) is 0 Å². The van der Waals surface area contributed by atoms with Gasteiger partial charge in [-0.2, -0.15) is 5.10 Å². The molecule has 0 aromatic carbocycles. The molecule has 0 aliphatic carbocycles. The van der Waals surface area contributed by atoms with E-state index in [-0.39, 0.29) is 17.9 Å². The first-order chi connectivity index (χ1) is 8.91. The van der Waals surface area contributed by atoms with E-state index in [9.17, 15) is 14.9 Å². The van der Waals surface area contributed by atoms with Crippen molar-refractivity contribution in [1.82, 2.24) is 19.3 Å². The van der Waals surface area contributed by atoms with Crippen LogP contribution in [-0.4, -0.2) is 24.3 Å². The van der Waals surface area contributed by atoms with Crippen molar-refractivity contribution in [3.05, 3.63) is 49.9 Å². The average Bonchev–Trinajstić information content (AvgIpc) is 2.64. The molecule has 2 heterocycles. The summed E-state index contributed by atoms with van der Waals surface area (Å²) in [5.74, 6) is 0. The largest absolute Gasteiger partial charge is 0.345 e. The van der Waals surface area contributed by atoms with Gasteiger partial charge in [-0.15, -0.1) is 0 Å². The van der Waals surface area contributed by atoms with E-state index in [0.29, 0.717) is 16.8 Å². The molecule has 0 bridgehead atoms. The maximum Gasteiger partial charge on any atom is 0.345 e. The lowest BCUT2D eigenvalue weighted by atomic mass is 10.1. The maximum absolute atomic E-state index is 11.7. The predicted molar refractivity (Wildman–Crippen MR) is 66.9 cm³/mol. The highest BCUT2D eigenvalue weighted by Gasteiger charge is 2.19. The van der Waals surface area contributed by atoms with E-state index in [2.05, 4.69) is 10.1 Å². The van der Waals surface area contributed by atoms with E-state index in [4.69, 9.17) is 0 Å². The number of hydrogen-bond acceptors (Lipinski definition) is 5. The Hall–Kier alpha value is -2.51. The van der Waals surface area contributed by atoms with Crippen LogP contribution in [0.3, 0.4) is 0 Å². The van der Waals surface area contributed by atoms with Crippen LogP contribution < -0.4 is 5.69 Å². The Balaban J connectivity index is 2.47. The minimum Gasteiger partial charge on any atom is -0.285 e. The maximum atomic E-state index is 11.7. The van der Waals surface area contributed by atoms with Gasteiger partial charge in [0, 0.05) is 18.8 Å². The Kier molecular flexibility index (Phi) is 3.16. The normalized spacial score (nSPS) is 10.7. The summed E-state index contributed by atoms with van der Waals surface area (Å²) >= 11 is 0. The molecule has 0 amide bonds. The van der Waals surface area contributed by atoms with Crippen molar-refractivity contribution in [1.29, 1.82) is 0 Å². The van der Waals surface area contributed by atoms with E-state index in [1.54, 1.807) is 20.9 Å². The molecule has 0 aliphatic rings. The number of rotatable bonds is 3. The molecule has 0 fully saturated rings. The number of aromatic nitrogens is 4. The molecule has 8 heteroatoms. The summed E-state index contributed by atoms with van der Waals surface area (Å²) < 4.78 is 2.55. The van der Waals surface area contributed by atoms with Gasteiger partial charge in [0.15, 0.2) is 0 Å². The fourth-order valence-electron chi connectivity index (χ4n) is 1.88. The van der Waals surface area contributed by atoms with E-state index in [1.807, 2.05) is 0 Å². The van der Waals surface area contributed by atoms with Gasteiger partial charge in [-0.05, 0) is 13.8 Å². The molecule has 0 unspecified atom stereocenters. The van der Waals surface area contributed by atoms with Gasteiger partial charge in [-0.25, -0.2) is 9.48 Å². The Bertz CT molecular complexity index is 701. The Labute approximate surface area is 108 Å². The summed E-state index contributed by atoms with van der Waals surface area (Å²) in [6, 6.07) is 0. The van der Waals surface area contributed by atoms with Crippen LogP contribution in [-0.2, 0) is 13.6 Å². The van der Waals surface area contributed by atoms with Crippen molar-refractivity contribution in [2.24, 2.45) is 7.05 Å². The molecule has 0 radical (unpaired) electrons. The molecule has 100 valence electrons. The lowest BCUT2D eigenvalue weighted by molar-refractivity contribution is -0.386. The zero-order valence-corrected chi connectivity index (χ0v) is 10.8. The van der Waals surface area contributed by atoms with E-state index in [1.165, 1.54) is 21.8 Å². The summed E-state index contributed by atoms with van der Waals surface area (Å²) in [6.45, 7) is 3.38. The molecule has 0 atom stereocenters. The second kappa shape index (κ2) is 4.63. The van der Waals surface area contributed by atoms with Crippen LogP contribution in [0, 0.1) is 24.0 Å². The van der Waals surface area contributed by atoms with E-state index < -0.39 is 4.92 Å². The Morgan fingerprint density at radius 2 is 2.11 bits per heavy atom. The summed E-state index contributed by atoms with van der Waals surface area (Å²) in [6.07, 6.45) is 2.83. The van der Waals surface area contributed by atoms with Gasteiger partial charge in [-0.1, -0.05) is 0 Å². The smallest absolute Gasteiger partial charge is 0.285 e. The first kappa shape index (κ1) is 12.9. The molecule has 2 aromatic heterocycles. The zero-order chi connectivity index (χ0) is 14.2. The number of aryl methyl sites for hydroxylation is 2. The average molecular weight is 263 g/mol. The molecule has 19 heavy (non-hydrogen) atoms. The molecule has 8 nitrogen and oxygen atoms in total. The third kappa shape index (κ3) is 2.24. The summed E-state index contributed by atoms with van der Waals surface area (Å²) in [5.41, 5.74) is 1.18. The van der Waals surface area contributed by atoms with Crippen molar-refractivity contribution in [2.45, 2.75) is 20.4 Å². The third-order valence-corrected chi connectivity index (χ3v) is 2.94. The summed E-state index contributed by atoms with van der Waals surface area (Å²) in [7, 11) is 1.59. The topological polar surface area (TPSA) is 95.8 Å². The zero-order valence-electron chi connectivity index (χ0n) is 10.8. The van der Waals surface area contributed by atoms with Crippen LogP contribution in [0.15, 0.2) is 17.3 Å². The molecule has 0 saturated heterocycles. The Morgan fingerprint density at radius 3 is 2.63 bits per heavy atom. The van der Waals surface area contributed by atoms with Crippen LogP contribution in [0.1, 0.15) is 16.8 Å². The Morgan fingerprint density at radius 1 is 1.42 bits per heavy atom. The molecule has 2 rings (SSSR count). The fourth-order valence-corrected chi connectivity index (χ4v) is 1.88. The second-order valence-corrected chi connectivity index (χ2v) is 4.30. The van der Waals surface area contributed by atoms with Crippen molar-refractivity contribution in [3.63, 3.8) is 0 Å². The first-order valence-electron chi connectivity index (χ1n) is 5.59. The first-order valence-corrected chi connectivity index (χ1v) is 5.59. The number of hydrogen-bond donors (Lipinski definition) is 0. The minimum absolute atomic E-state index is 0.0361. The molecule has 0 saturated carbocycles. The second-order valence-electron chi connectivity index (χ2n) is 4.30. The summed E-state index contributed by atoms with van der Waals surface area (Å²) in [5, 5.41) is 14.9. The number of nitrogens with zero attached hydrogens (tertiary/aromatic N) is 5. The molecular weight excluding hydrogens is 250 g/mol. The molecule has 0 spiro atoms. The minimum atomic E-state index is -0.433. The SMILES string of the molecule is Cc1cnc(Cn2ncn(C)c2=O)c(C)c1[N+](=O)[O-]. The van der Waals surface area contributed by atoms with Crippen molar-refractivity contribution >= 4 is 5.69 Å². The molecular formula is C11H13N5O3. The lowest BCUT2D eigenvalue weighted by Gasteiger charge is -2.06. The molecule has 2 aromatic rings. The highest BCUT2D eigenvalue weighted by molar-refractivity contribution is 5.47. The highest BCUT2D eigenvalue weighted by Crippen LogP contribution is 2.24. The van der Waals surface area contributed by atoms with Crippen LogP contribution in [0.5, 0.6) is 0 Å². The van der Waals surface area contributed by atoms with Crippen molar-refractivity contribution in [2.75, 3.05) is 0 Å². The van der Waals surface area contributed by atoms with Gasteiger partial charge in [-0.3, -0.25) is 19.7 Å². The van der Waals surface area contributed by atoms with Gasteiger partial charge in [0.05, 0.1) is 22.7 Å². The van der Waals surface area contributed by atoms with E-state index >= 15 is 0 Å². The standard InChI is InChI=1S/C11H13N5O3/c1-7-4-12-9(8(2)10(7)16(18)19)5-15-11(17)14(3)6-13-15/h4,6H,5H2,1-3H3. The number of nitro groups is 1. The molecule has 0 N–H and O–H groups in total. The highest BCUT2D eigenvalue weighted by atomic mass is 16.6. The van der Waals surface area contributed by atoms with Gasteiger partial charge >= 0.3 is 5.69 Å². The monoisotopic (exact) mass is 263 g/mol. The van der Waals surface area contributed by atoms with E-state index in [0.717, 1.165) is 0 Å².